The van der Waals surface area contributed by atoms with E-state index in [1.165, 1.54) is 11.4 Å². The molecule has 1 aromatic rings. The fourth-order valence-electron chi connectivity index (χ4n) is 1.19. The molecule has 0 aromatic carbocycles. The number of hydrogen-bond donors (Lipinski definition) is 1. The summed E-state index contributed by atoms with van der Waals surface area (Å²) < 4.78 is 0. The zero-order valence-electron chi connectivity index (χ0n) is 9.69. The molecule has 0 bridgehead atoms. The molecular formula is C11H20N2S2. The molecule has 0 saturated carbocycles. The highest BCUT2D eigenvalue weighted by Gasteiger charge is 2.09. The lowest BCUT2D eigenvalue weighted by molar-refractivity contribution is 0.739. The van der Waals surface area contributed by atoms with Gasteiger partial charge >= 0.3 is 0 Å². The predicted octanol–water partition coefficient (Wildman–Crippen LogP) is 2.85. The smallest absolute Gasteiger partial charge is 0.0943 e. The van der Waals surface area contributed by atoms with Crippen LogP contribution in [-0.2, 0) is 6.42 Å². The molecule has 0 amide bonds. The van der Waals surface area contributed by atoms with Crippen molar-refractivity contribution >= 4 is 23.1 Å². The quantitative estimate of drug-likeness (QED) is 0.836. The zero-order valence-corrected chi connectivity index (χ0v) is 11.3. The van der Waals surface area contributed by atoms with Crippen LogP contribution in [-0.4, -0.2) is 22.0 Å². The molecule has 0 fully saturated rings. The van der Waals surface area contributed by atoms with Gasteiger partial charge < -0.3 is 5.73 Å². The largest absolute Gasteiger partial charge is 0.327 e. The number of nitrogens with zero attached hydrogens (tertiary/aromatic N) is 1. The van der Waals surface area contributed by atoms with Crippen molar-refractivity contribution < 1.29 is 0 Å². The number of rotatable bonds is 6. The van der Waals surface area contributed by atoms with Crippen molar-refractivity contribution in [3.63, 3.8) is 0 Å². The minimum Gasteiger partial charge on any atom is -0.327 e. The summed E-state index contributed by atoms with van der Waals surface area (Å²) in [5.74, 6) is 1.04. The molecule has 0 aliphatic heterocycles. The number of aryl methyl sites for hydroxylation is 1. The summed E-state index contributed by atoms with van der Waals surface area (Å²) >= 11 is 3.68. The topological polar surface area (TPSA) is 38.9 Å². The summed E-state index contributed by atoms with van der Waals surface area (Å²) in [5.41, 5.74) is 7.17. The number of nitrogens with two attached hydrogens (primary N) is 1. The van der Waals surface area contributed by atoms with Gasteiger partial charge in [-0.2, -0.15) is 11.8 Å². The van der Waals surface area contributed by atoms with E-state index in [0.717, 1.165) is 17.9 Å². The molecule has 2 atom stereocenters. The van der Waals surface area contributed by atoms with Crippen LogP contribution in [0.3, 0.4) is 0 Å². The molecule has 0 saturated heterocycles. The zero-order chi connectivity index (χ0) is 11.3. The molecule has 86 valence electrons. The minimum atomic E-state index is 0.245. The van der Waals surface area contributed by atoms with E-state index in [1.807, 2.05) is 18.7 Å². The predicted molar refractivity (Wildman–Crippen MR) is 70.7 cm³/mol. The van der Waals surface area contributed by atoms with Gasteiger partial charge in [0.25, 0.3) is 0 Å². The van der Waals surface area contributed by atoms with Crippen molar-refractivity contribution in [3.8, 4) is 0 Å². The Morgan fingerprint density at radius 1 is 1.60 bits per heavy atom. The molecule has 2 nitrogen and oxygen atoms in total. The lowest BCUT2D eigenvalue weighted by Crippen LogP contribution is -2.26. The highest BCUT2D eigenvalue weighted by Crippen LogP contribution is 2.17. The number of thiazole rings is 1. The first kappa shape index (κ1) is 13.0. The SMILES string of the molecule is CCC(C)SCC(N)Cc1nc(C)cs1. The van der Waals surface area contributed by atoms with Crippen molar-refractivity contribution in [3.05, 3.63) is 16.1 Å². The van der Waals surface area contributed by atoms with E-state index in [0.29, 0.717) is 5.25 Å². The first-order chi connectivity index (χ1) is 7.11. The third-order valence-electron chi connectivity index (χ3n) is 2.27. The van der Waals surface area contributed by atoms with Gasteiger partial charge in [-0.25, -0.2) is 4.98 Å². The lowest BCUT2D eigenvalue weighted by Gasteiger charge is -2.12. The van der Waals surface area contributed by atoms with Crippen molar-refractivity contribution in [2.24, 2.45) is 5.73 Å². The second-order valence-corrected chi connectivity index (χ2v) is 6.31. The van der Waals surface area contributed by atoms with E-state index in [2.05, 4.69) is 24.2 Å². The standard InChI is InChI=1S/C11H20N2S2/c1-4-9(3)14-7-10(12)5-11-13-8(2)6-15-11/h6,9-10H,4-5,7,12H2,1-3H3. The highest BCUT2D eigenvalue weighted by atomic mass is 32.2. The van der Waals surface area contributed by atoms with Gasteiger partial charge in [-0.1, -0.05) is 13.8 Å². The molecule has 1 rings (SSSR count). The van der Waals surface area contributed by atoms with Crippen molar-refractivity contribution in [2.75, 3.05) is 5.75 Å². The Morgan fingerprint density at radius 2 is 2.33 bits per heavy atom. The van der Waals surface area contributed by atoms with Crippen LogP contribution in [0.4, 0.5) is 0 Å². The summed E-state index contributed by atoms with van der Waals surface area (Å²) in [7, 11) is 0. The van der Waals surface area contributed by atoms with Gasteiger partial charge in [0.15, 0.2) is 0 Å². The van der Waals surface area contributed by atoms with Crippen LogP contribution < -0.4 is 5.73 Å². The van der Waals surface area contributed by atoms with Crippen molar-refractivity contribution in [1.82, 2.24) is 4.98 Å². The van der Waals surface area contributed by atoms with Gasteiger partial charge in [-0.05, 0) is 13.3 Å². The molecule has 0 aliphatic rings. The lowest BCUT2D eigenvalue weighted by atomic mass is 10.3. The Bertz CT molecular complexity index is 286. The van der Waals surface area contributed by atoms with E-state index in [1.54, 1.807) is 11.3 Å². The second kappa shape index (κ2) is 6.51. The minimum absolute atomic E-state index is 0.245. The Morgan fingerprint density at radius 3 is 2.87 bits per heavy atom. The van der Waals surface area contributed by atoms with Crippen LogP contribution >= 0.6 is 23.1 Å². The first-order valence-electron chi connectivity index (χ1n) is 5.40. The fraction of sp³-hybridized carbons (Fsp3) is 0.727. The number of hydrogen-bond acceptors (Lipinski definition) is 4. The molecule has 15 heavy (non-hydrogen) atoms. The molecule has 2 unspecified atom stereocenters. The van der Waals surface area contributed by atoms with Gasteiger partial charge in [0.05, 0.1) is 5.01 Å². The normalized spacial score (nSPS) is 15.2. The Balaban J connectivity index is 2.27. The highest BCUT2D eigenvalue weighted by molar-refractivity contribution is 7.99. The summed E-state index contributed by atoms with van der Waals surface area (Å²) in [6.45, 7) is 6.50. The van der Waals surface area contributed by atoms with Gasteiger partial charge in [0, 0.05) is 34.5 Å². The van der Waals surface area contributed by atoms with Gasteiger partial charge in [0.1, 0.15) is 0 Å². The van der Waals surface area contributed by atoms with Crippen LogP contribution in [0.15, 0.2) is 5.38 Å². The molecule has 0 radical (unpaired) electrons. The van der Waals surface area contributed by atoms with E-state index >= 15 is 0 Å². The maximum Gasteiger partial charge on any atom is 0.0943 e. The van der Waals surface area contributed by atoms with E-state index < -0.39 is 0 Å². The fourth-order valence-corrected chi connectivity index (χ4v) is 2.98. The molecule has 2 N–H and O–H groups in total. The first-order valence-corrected chi connectivity index (χ1v) is 7.32. The molecule has 1 aromatic heterocycles. The van der Waals surface area contributed by atoms with E-state index in [-0.39, 0.29) is 6.04 Å². The summed E-state index contributed by atoms with van der Waals surface area (Å²) in [4.78, 5) is 4.43. The number of aromatic nitrogens is 1. The average molecular weight is 244 g/mol. The monoisotopic (exact) mass is 244 g/mol. The van der Waals surface area contributed by atoms with Gasteiger partial charge in [-0.15, -0.1) is 11.3 Å². The van der Waals surface area contributed by atoms with E-state index in [4.69, 9.17) is 5.73 Å². The molecule has 0 aliphatic carbocycles. The molecular weight excluding hydrogens is 224 g/mol. The summed E-state index contributed by atoms with van der Waals surface area (Å²) in [6.07, 6.45) is 2.13. The van der Waals surface area contributed by atoms with E-state index in [9.17, 15) is 0 Å². The van der Waals surface area contributed by atoms with Crippen LogP contribution in [0.5, 0.6) is 0 Å². The Labute approximate surface area is 101 Å². The second-order valence-electron chi connectivity index (χ2n) is 3.90. The van der Waals surface area contributed by atoms with Gasteiger partial charge in [-0.3, -0.25) is 0 Å². The number of thioether (sulfide) groups is 1. The molecule has 4 heteroatoms. The third kappa shape index (κ3) is 5.00. The summed E-state index contributed by atoms with van der Waals surface area (Å²) in [5, 5.41) is 3.97. The average Bonchev–Trinajstić information content (AvgIpc) is 2.60. The third-order valence-corrected chi connectivity index (χ3v) is 4.79. The van der Waals surface area contributed by atoms with Crippen LogP contribution in [0, 0.1) is 6.92 Å². The Hall–Kier alpha value is -0.0600. The maximum absolute atomic E-state index is 6.06. The van der Waals surface area contributed by atoms with Crippen LogP contribution in [0.25, 0.3) is 0 Å². The van der Waals surface area contributed by atoms with Crippen molar-refractivity contribution in [2.45, 2.75) is 44.9 Å². The Kier molecular flexibility index (Phi) is 5.64. The maximum atomic E-state index is 6.06. The molecule has 0 spiro atoms. The summed E-state index contributed by atoms with van der Waals surface area (Å²) in [6, 6.07) is 0.245. The molecule has 1 heterocycles. The van der Waals surface area contributed by atoms with Gasteiger partial charge in [0.2, 0.25) is 0 Å². The van der Waals surface area contributed by atoms with Crippen LogP contribution in [0.2, 0.25) is 0 Å². The van der Waals surface area contributed by atoms with Crippen LogP contribution in [0.1, 0.15) is 31.0 Å². The van der Waals surface area contributed by atoms with Crippen molar-refractivity contribution in [1.29, 1.82) is 0 Å².